The quantitative estimate of drug-likeness (QED) is 0.637. The summed E-state index contributed by atoms with van der Waals surface area (Å²) in [6.07, 6.45) is 0.476. The average molecular weight is 215 g/mol. The molecule has 0 aliphatic carbocycles. The molecule has 0 saturated heterocycles. The third-order valence-electron chi connectivity index (χ3n) is 2.47. The molecule has 0 spiro atoms. The highest BCUT2D eigenvalue weighted by atomic mass is 16.5. The van der Waals surface area contributed by atoms with Crippen molar-refractivity contribution >= 4 is 5.97 Å². The fourth-order valence-corrected chi connectivity index (χ4v) is 2.18. The monoisotopic (exact) mass is 215 g/mol. The smallest absolute Gasteiger partial charge is 0.307 e. The second kappa shape index (κ2) is 6.83. The second-order valence-corrected chi connectivity index (χ2v) is 4.49. The molecule has 15 heavy (non-hydrogen) atoms. The molecule has 0 fully saturated rings. The van der Waals surface area contributed by atoms with Gasteiger partial charge in [0.15, 0.2) is 0 Å². The summed E-state index contributed by atoms with van der Waals surface area (Å²) in [5.74, 6) is -0.101. The van der Waals surface area contributed by atoms with Gasteiger partial charge in [0.25, 0.3) is 0 Å². The minimum atomic E-state index is -0.101. The molecule has 0 heterocycles. The predicted molar refractivity (Wildman–Crippen MR) is 62.8 cm³/mol. The van der Waals surface area contributed by atoms with Gasteiger partial charge in [-0.05, 0) is 41.5 Å². The highest BCUT2D eigenvalue weighted by Crippen LogP contribution is 2.13. The topological polar surface area (TPSA) is 29.5 Å². The van der Waals surface area contributed by atoms with E-state index in [4.69, 9.17) is 4.74 Å². The van der Waals surface area contributed by atoms with E-state index >= 15 is 0 Å². The average Bonchev–Trinajstić information content (AvgIpc) is 2.01. The Morgan fingerprint density at radius 1 is 1.13 bits per heavy atom. The maximum atomic E-state index is 11.4. The van der Waals surface area contributed by atoms with Crippen LogP contribution in [0.3, 0.4) is 0 Å². The third kappa shape index (κ3) is 5.17. The number of carbonyl (C=O) groups is 1. The molecule has 0 aliphatic rings. The Morgan fingerprint density at radius 3 is 1.93 bits per heavy atom. The second-order valence-electron chi connectivity index (χ2n) is 4.49. The van der Waals surface area contributed by atoms with Crippen LogP contribution in [-0.2, 0) is 9.53 Å². The van der Waals surface area contributed by atoms with Crippen molar-refractivity contribution in [3.05, 3.63) is 0 Å². The first kappa shape index (κ1) is 14.4. The van der Waals surface area contributed by atoms with E-state index in [2.05, 4.69) is 39.5 Å². The summed E-state index contributed by atoms with van der Waals surface area (Å²) >= 11 is 0. The zero-order valence-corrected chi connectivity index (χ0v) is 10.9. The molecule has 0 aromatic heterocycles. The summed E-state index contributed by atoms with van der Waals surface area (Å²) < 4.78 is 4.96. The lowest BCUT2D eigenvalue weighted by molar-refractivity contribution is -0.144. The van der Waals surface area contributed by atoms with Gasteiger partial charge in [0, 0.05) is 18.1 Å². The van der Waals surface area contributed by atoms with Crippen LogP contribution in [-0.4, -0.2) is 35.6 Å². The van der Waals surface area contributed by atoms with Crippen molar-refractivity contribution in [3.8, 4) is 0 Å². The number of nitrogens with zero attached hydrogens (tertiary/aromatic N) is 1. The van der Waals surface area contributed by atoms with E-state index in [1.807, 2.05) is 6.92 Å². The van der Waals surface area contributed by atoms with E-state index in [9.17, 15) is 4.79 Å². The highest BCUT2D eigenvalue weighted by Gasteiger charge is 2.22. The van der Waals surface area contributed by atoms with Crippen LogP contribution >= 0.6 is 0 Å². The number of hydrogen-bond acceptors (Lipinski definition) is 3. The van der Waals surface area contributed by atoms with Gasteiger partial charge in [-0.1, -0.05) is 0 Å². The summed E-state index contributed by atoms with van der Waals surface area (Å²) in [7, 11) is 0. The van der Waals surface area contributed by atoms with Gasteiger partial charge < -0.3 is 4.74 Å². The van der Waals surface area contributed by atoms with E-state index in [0.29, 0.717) is 25.1 Å². The SMILES string of the molecule is CCOC(=O)CC(C)N(C(C)C)C(C)C. The normalized spacial score (nSPS) is 13.7. The van der Waals surface area contributed by atoms with Crippen molar-refractivity contribution in [1.82, 2.24) is 4.90 Å². The first-order valence-electron chi connectivity index (χ1n) is 5.83. The first-order valence-corrected chi connectivity index (χ1v) is 5.83. The third-order valence-corrected chi connectivity index (χ3v) is 2.47. The van der Waals surface area contributed by atoms with Gasteiger partial charge in [-0.25, -0.2) is 0 Å². The predicted octanol–water partition coefficient (Wildman–Crippen LogP) is 2.45. The lowest BCUT2D eigenvalue weighted by Crippen LogP contribution is -2.44. The fraction of sp³-hybridized carbons (Fsp3) is 0.917. The molecule has 0 amide bonds. The summed E-state index contributed by atoms with van der Waals surface area (Å²) in [4.78, 5) is 13.7. The molecule has 90 valence electrons. The maximum Gasteiger partial charge on any atom is 0.307 e. The standard InChI is InChI=1S/C12H25NO2/c1-7-15-12(14)8-11(6)13(9(2)3)10(4)5/h9-11H,7-8H2,1-6H3. The van der Waals surface area contributed by atoms with Crippen LogP contribution in [0, 0.1) is 0 Å². The first-order chi connectivity index (χ1) is 6.90. The molecule has 0 aromatic rings. The molecule has 0 aromatic carbocycles. The highest BCUT2D eigenvalue weighted by molar-refractivity contribution is 5.70. The number of carbonyl (C=O) groups excluding carboxylic acids is 1. The summed E-state index contributed by atoms with van der Waals surface area (Å²) in [5.41, 5.74) is 0. The molecular weight excluding hydrogens is 190 g/mol. The van der Waals surface area contributed by atoms with Crippen LogP contribution in [0.1, 0.15) is 48.0 Å². The molecule has 3 heteroatoms. The van der Waals surface area contributed by atoms with Crippen molar-refractivity contribution in [2.75, 3.05) is 6.61 Å². The van der Waals surface area contributed by atoms with Gasteiger partial charge in [0.2, 0.25) is 0 Å². The van der Waals surface area contributed by atoms with Crippen LogP contribution in [0.5, 0.6) is 0 Å². The Balaban J connectivity index is 4.26. The molecule has 1 atom stereocenters. The lowest BCUT2D eigenvalue weighted by Gasteiger charge is -2.35. The molecule has 3 nitrogen and oxygen atoms in total. The van der Waals surface area contributed by atoms with Crippen molar-refractivity contribution in [1.29, 1.82) is 0 Å². The zero-order valence-electron chi connectivity index (χ0n) is 10.9. The van der Waals surface area contributed by atoms with Crippen molar-refractivity contribution in [2.24, 2.45) is 0 Å². The fourth-order valence-electron chi connectivity index (χ4n) is 2.18. The molecule has 0 radical (unpaired) electrons. The summed E-state index contributed by atoms with van der Waals surface area (Å²) in [6.45, 7) is 13.0. The van der Waals surface area contributed by atoms with Crippen LogP contribution in [0.25, 0.3) is 0 Å². The zero-order chi connectivity index (χ0) is 12.0. The Hall–Kier alpha value is -0.570. The van der Waals surface area contributed by atoms with Gasteiger partial charge in [-0.2, -0.15) is 0 Å². The largest absolute Gasteiger partial charge is 0.466 e. The van der Waals surface area contributed by atoms with Crippen LogP contribution in [0.15, 0.2) is 0 Å². The Morgan fingerprint density at radius 2 is 1.60 bits per heavy atom. The van der Waals surface area contributed by atoms with Gasteiger partial charge in [0.05, 0.1) is 13.0 Å². The Bertz CT molecular complexity index is 182. The summed E-state index contributed by atoms with van der Waals surface area (Å²) in [6, 6.07) is 1.15. The Labute approximate surface area is 93.8 Å². The molecule has 0 saturated carbocycles. The minimum Gasteiger partial charge on any atom is -0.466 e. The van der Waals surface area contributed by atoms with E-state index < -0.39 is 0 Å². The number of hydrogen-bond donors (Lipinski definition) is 0. The maximum absolute atomic E-state index is 11.4. The van der Waals surface area contributed by atoms with Crippen molar-refractivity contribution < 1.29 is 9.53 Å². The molecule has 0 aliphatic heterocycles. The van der Waals surface area contributed by atoms with Crippen molar-refractivity contribution in [2.45, 2.75) is 66.1 Å². The number of rotatable bonds is 6. The Kier molecular flexibility index (Phi) is 6.57. The molecular formula is C12H25NO2. The van der Waals surface area contributed by atoms with E-state index in [1.165, 1.54) is 0 Å². The van der Waals surface area contributed by atoms with Crippen molar-refractivity contribution in [3.63, 3.8) is 0 Å². The summed E-state index contributed by atoms with van der Waals surface area (Å²) in [5, 5.41) is 0. The van der Waals surface area contributed by atoms with Crippen LogP contribution in [0.2, 0.25) is 0 Å². The van der Waals surface area contributed by atoms with Crippen LogP contribution in [0.4, 0.5) is 0 Å². The number of esters is 1. The van der Waals surface area contributed by atoms with Crippen LogP contribution < -0.4 is 0 Å². The molecule has 0 N–H and O–H groups in total. The minimum absolute atomic E-state index is 0.101. The van der Waals surface area contributed by atoms with Gasteiger partial charge >= 0.3 is 5.97 Å². The van der Waals surface area contributed by atoms with E-state index in [0.717, 1.165) is 0 Å². The van der Waals surface area contributed by atoms with E-state index in [-0.39, 0.29) is 12.0 Å². The molecule has 0 rings (SSSR count). The molecule has 0 bridgehead atoms. The van der Waals surface area contributed by atoms with Gasteiger partial charge in [0.1, 0.15) is 0 Å². The molecule has 1 unspecified atom stereocenters. The lowest BCUT2D eigenvalue weighted by atomic mass is 10.1. The van der Waals surface area contributed by atoms with E-state index in [1.54, 1.807) is 0 Å². The number of ether oxygens (including phenoxy) is 1. The van der Waals surface area contributed by atoms with Gasteiger partial charge in [-0.3, -0.25) is 9.69 Å². The van der Waals surface area contributed by atoms with Gasteiger partial charge in [-0.15, -0.1) is 0 Å².